The van der Waals surface area contributed by atoms with Crippen LogP contribution >= 0.6 is 0 Å². The van der Waals surface area contributed by atoms with Crippen LogP contribution in [0.25, 0.3) is 0 Å². The summed E-state index contributed by atoms with van der Waals surface area (Å²) in [4.78, 5) is 12.1. The van der Waals surface area contributed by atoms with E-state index >= 15 is 0 Å². The van der Waals surface area contributed by atoms with Crippen molar-refractivity contribution in [3.63, 3.8) is 0 Å². The highest BCUT2D eigenvalue weighted by Crippen LogP contribution is 2.39. The molecule has 0 aliphatic carbocycles. The Morgan fingerprint density at radius 2 is 2.32 bits per heavy atom. The van der Waals surface area contributed by atoms with Gasteiger partial charge < -0.3 is 10.1 Å². The first-order chi connectivity index (χ1) is 9.14. The SMILES string of the molecule is CCOC(=O)C1CNCC1(CC)c1cccc(F)c1. The zero-order chi connectivity index (χ0) is 13.9. The van der Waals surface area contributed by atoms with Crippen molar-refractivity contribution in [2.45, 2.75) is 25.7 Å². The molecule has 1 aromatic carbocycles. The van der Waals surface area contributed by atoms with E-state index in [1.54, 1.807) is 13.0 Å². The van der Waals surface area contributed by atoms with Crippen LogP contribution < -0.4 is 5.32 Å². The highest BCUT2D eigenvalue weighted by Gasteiger charge is 2.47. The molecular formula is C15H20FNO2. The van der Waals surface area contributed by atoms with Gasteiger partial charge in [0.05, 0.1) is 12.5 Å². The van der Waals surface area contributed by atoms with Crippen LogP contribution in [-0.4, -0.2) is 25.7 Å². The molecule has 0 spiro atoms. The molecule has 1 heterocycles. The van der Waals surface area contributed by atoms with Crippen LogP contribution in [0, 0.1) is 11.7 Å². The molecule has 2 rings (SSSR count). The summed E-state index contributed by atoms with van der Waals surface area (Å²) in [7, 11) is 0. The predicted molar refractivity (Wildman–Crippen MR) is 71.4 cm³/mol. The molecule has 1 aliphatic rings. The largest absolute Gasteiger partial charge is 0.466 e. The van der Waals surface area contributed by atoms with Crippen LogP contribution in [0.2, 0.25) is 0 Å². The molecule has 0 saturated carbocycles. The standard InChI is InChI=1S/C15H20FNO2/c1-3-15(11-6-5-7-12(16)8-11)10-17-9-13(15)14(18)19-4-2/h5-8,13,17H,3-4,9-10H2,1-2H3. The Bertz CT molecular complexity index is 463. The van der Waals surface area contributed by atoms with E-state index in [-0.39, 0.29) is 23.1 Å². The van der Waals surface area contributed by atoms with E-state index in [0.29, 0.717) is 19.7 Å². The zero-order valence-corrected chi connectivity index (χ0v) is 11.4. The number of ether oxygens (including phenoxy) is 1. The van der Waals surface area contributed by atoms with Crippen molar-refractivity contribution in [2.75, 3.05) is 19.7 Å². The fourth-order valence-electron chi connectivity index (χ4n) is 2.99. The summed E-state index contributed by atoms with van der Waals surface area (Å²) in [6.07, 6.45) is 0.771. The molecule has 1 saturated heterocycles. The van der Waals surface area contributed by atoms with Gasteiger partial charge in [-0.3, -0.25) is 4.79 Å². The highest BCUT2D eigenvalue weighted by atomic mass is 19.1. The quantitative estimate of drug-likeness (QED) is 0.849. The first-order valence-electron chi connectivity index (χ1n) is 6.77. The zero-order valence-electron chi connectivity index (χ0n) is 11.4. The summed E-state index contributed by atoms with van der Waals surface area (Å²) in [5.41, 5.74) is 0.506. The maximum absolute atomic E-state index is 13.5. The van der Waals surface area contributed by atoms with Gasteiger partial charge in [-0.2, -0.15) is 0 Å². The number of carbonyl (C=O) groups is 1. The average molecular weight is 265 g/mol. The van der Waals surface area contributed by atoms with Gasteiger partial charge in [-0.25, -0.2) is 4.39 Å². The topological polar surface area (TPSA) is 38.3 Å². The lowest BCUT2D eigenvalue weighted by Gasteiger charge is -2.33. The summed E-state index contributed by atoms with van der Waals surface area (Å²) in [6.45, 7) is 5.47. The van der Waals surface area contributed by atoms with E-state index in [1.165, 1.54) is 12.1 Å². The van der Waals surface area contributed by atoms with Crippen molar-refractivity contribution in [1.29, 1.82) is 0 Å². The lowest BCUT2D eigenvalue weighted by Crippen LogP contribution is -2.39. The predicted octanol–water partition coefficient (Wildman–Crippen LogP) is 2.26. The van der Waals surface area contributed by atoms with Gasteiger partial charge in [0.1, 0.15) is 5.82 Å². The van der Waals surface area contributed by atoms with Gasteiger partial charge in [0, 0.05) is 18.5 Å². The Balaban J connectivity index is 2.38. The van der Waals surface area contributed by atoms with E-state index in [0.717, 1.165) is 12.0 Å². The molecule has 19 heavy (non-hydrogen) atoms. The first-order valence-corrected chi connectivity index (χ1v) is 6.77. The molecule has 4 heteroatoms. The van der Waals surface area contributed by atoms with E-state index in [2.05, 4.69) is 5.32 Å². The monoisotopic (exact) mass is 265 g/mol. The molecular weight excluding hydrogens is 245 g/mol. The minimum absolute atomic E-state index is 0.196. The molecule has 0 aromatic heterocycles. The van der Waals surface area contributed by atoms with E-state index in [4.69, 9.17) is 4.74 Å². The van der Waals surface area contributed by atoms with Crippen LogP contribution in [0.15, 0.2) is 24.3 Å². The number of hydrogen-bond acceptors (Lipinski definition) is 3. The molecule has 1 aliphatic heterocycles. The van der Waals surface area contributed by atoms with Crippen molar-refractivity contribution in [3.05, 3.63) is 35.6 Å². The van der Waals surface area contributed by atoms with Crippen molar-refractivity contribution in [1.82, 2.24) is 5.32 Å². The van der Waals surface area contributed by atoms with Crippen molar-refractivity contribution >= 4 is 5.97 Å². The number of hydrogen-bond donors (Lipinski definition) is 1. The smallest absolute Gasteiger partial charge is 0.311 e. The molecule has 1 fully saturated rings. The van der Waals surface area contributed by atoms with Gasteiger partial charge in [0.2, 0.25) is 0 Å². The summed E-state index contributed by atoms with van der Waals surface area (Å²) >= 11 is 0. The Morgan fingerprint density at radius 3 is 2.95 bits per heavy atom. The molecule has 1 aromatic rings. The molecule has 1 N–H and O–H groups in total. The Morgan fingerprint density at radius 1 is 1.53 bits per heavy atom. The Kier molecular flexibility index (Phi) is 4.20. The first kappa shape index (κ1) is 14.0. The number of carbonyl (C=O) groups excluding carboxylic acids is 1. The van der Waals surface area contributed by atoms with Crippen LogP contribution in [-0.2, 0) is 14.9 Å². The normalized spacial score (nSPS) is 26.4. The van der Waals surface area contributed by atoms with Gasteiger partial charge >= 0.3 is 5.97 Å². The van der Waals surface area contributed by atoms with Crippen molar-refractivity contribution < 1.29 is 13.9 Å². The highest BCUT2D eigenvalue weighted by molar-refractivity contribution is 5.75. The minimum Gasteiger partial charge on any atom is -0.466 e. The molecule has 3 nitrogen and oxygen atoms in total. The van der Waals surface area contributed by atoms with Crippen LogP contribution in [0.1, 0.15) is 25.8 Å². The van der Waals surface area contributed by atoms with Crippen molar-refractivity contribution in [3.8, 4) is 0 Å². The number of nitrogens with one attached hydrogen (secondary N) is 1. The molecule has 0 amide bonds. The number of halogens is 1. The minimum atomic E-state index is -0.367. The Labute approximate surface area is 113 Å². The second kappa shape index (κ2) is 5.70. The van der Waals surface area contributed by atoms with Crippen molar-refractivity contribution in [2.24, 2.45) is 5.92 Å². The van der Waals surface area contributed by atoms with Gasteiger partial charge in [-0.1, -0.05) is 19.1 Å². The number of esters is 1. The summed E-state index contributed by atoms with van der Waals surface area (Å²) in [6, 6.07) is 6.55. The second-order valence-corrected chi connectivity index (χ2v) is 4.96. The second-order valence-electron chi connectivity index (χ2n) is 4.96. The van der Waals surface area contributed by atoms with Crippen LogP contribution in [0.5, 0.6) is 0 Å². The van der Waals surface area contributed by atoms with E-state index in [9.17, 15) is 9.18 Å². The summed E-state index contributed by atoms with van der Waals surface area (Å²) < 4.78 is 18.6. The number of rotatable bonds is 4. The maximum atomic E-state index is 13.5. The van der Waals surface area contributed by atoms with Gasteiger partial charge in [0.25, 0.3) is 0 Å². The molecule has 104 valence electrons. The van der Waals surface area contributed by atoms with Crippen LogP contribution in [0.4, 0.5) is 4.39 Å². The van der Waals surface area contributed by atoms with Gasteiger partial charge in [-0.05, 0) is 31.0 Å². The number of benzene rings is 1. The van der Waals surface area contributed by atoms with E-state index < -0.39 is 0 Å². The lowest BCUT2D eigenvalue weighted by molar-refractivity contribution is -0.149. The molecule has 0 radical (unpaired) electrons. The van der Waals surface area contributed by atoms with Crippen LogP contribution in [0.3, 0.4) is 0 Å². The third-order valence-corrected chi connectivity index (χ3v) is 4.06. The third-order valence-electron chi connectivity index (χ3n) is 4.06. The van der Waals surface area contributed by atoms with Gasteiger partial charge in [-0.15, -0.1) is 0 Å². The maximum Gasteiger partial charge on any atom is 0.311 e. The summed E-state index contributed by atoms with van der Waals surface area (Å²) in [5.74, 6) is -0.710. The summed E-state index contributed by atoms with van der Waals surface area (Å²) in [5, 5.41) is 3.25. The molecule has 0 bridgehead atoms. The van der Waals surface area contributed by atoms with Gasteiger partial charge in [0.15, 0.2) is 0 Å². The average Bonchev–Trinajstić information content (AvgIpc) is 2.84. The fraction of sp³-hybridized carbons (Fsp3) is 0.533. The lowest BCUT2D eigenvalue weighted by atomic mass is 9.70. The molecule has 2 atom stereocenters. The Hall–Kier alpha value is -1.42. The van der Waals surface area contributed by atoms with E-state index in [1.807, 2.05) is 13.0 Å². The third kappa shape index (κ3) is 2.50. The fourth-order valence-corrected chi connectivity index (χ4v) is 2.99. The molecule has 2 unspecified atom stereocenters.